The highest BCUT2D eigenvalue weighted by atomic mass is 19.4. The third kappa shape index (κ3) is 3.86. The van der Waals surface area contributed by atoms with Crippen molar-refractivity contribution in [3.05, 3.63) is 71.3 Å². The molecule has 2 aliphatic rings. The molecule has 3 aromatic carbocycles. The fourth-order valence-corrected chi connectivity index (χ4v) is 4.91. The predicted molar refractivity (Wildman–Crippen MR) is 120 cm³/mol. The van der Waals surface area contributed by atoms with Gasteiger partial charge in [-0.05, 0) is 64.6 Å². The minimum Gasteiger partial charge on any atom is -0.338 e. The SMILES string of the molecule is CN1Cc2cc(-c3cccc4cc(C(=O)N5CCCC(C(F)(F)F)C5)ccc34)ccc2C1=O. The smallest absolute Gasteiger partial charge is 0.338 e. The summed E-state index contributed by atoms with van der Waals surface area (Å²) in [5.41, 5.74) is 4.04. The average molecular weight is 452 g/mol. The van der Waals surface area contributed by atoms with E-state index in [0.29, 0.717) is 30.6 Å². The maximum absolute atomic E-state index is 13.2. The van der Waals surface area contributed by atoms with Crippen LogP contribution in [0.3, 0.4) is 0 Å². The summed E-state index contributed by atoms with van der Waals surface area (Å²) in [6.45, 7) is 0.620. The van der Waals surface area contributed by atoms with Crippen LogP contribution in [-0.2, 0) is 6.54 Å². The van der Waals surface area contributed by atoms with Gasteiger partial charge in [-0.3, -0.25) is 9.59 Å². The molecule has 2 heterocycles. The van der Waals surface area contributed by atoms with Crippen molar-refractivity contribution in [2.45, 2.75) is 25.6 Å². The molecule has 0 N–H and O–H groups in total. The van der Waals surface area contributed by atoms with Gasteiger partial charge in [0.2, 0.25) is 0 Å². The van der Waals surface area contributed by atoms with Crippen molar-refractivity contribution in [2.75, 3.05) is 20.1 Å². The second kappa shape index (κ2) is 7.90. The van der Waals surface area contributed by atoms with Crippen LogP contribution in [0.25, 0.3) is 21.9 Å². The summed E-state index contributed by atoms with van der Waals surface area (Å²) >= 11 is 0. The number of hydrogen-bond acceptors (Lipinski definition) is 2. The number of hydrogen-bond donors (Lipinski definition) is 0. The average Bonchev–Trinajstić information content (AvgIpc) is 3.10. The topological polar surface area (TPSA) is 40.6 Å². The molecule has 3 aromatic rings. The molecule has 0 aliphatic carbocycles. The van der Waals surface area contributed by atoms with Gasteiger partial charge in [0.25, 0.3) is 11.8 Å². The van der Waals surface area contributed by atoms with Crippen molar-refractivity contribution in [2.24, 2.45) is 5.92 Å². The Hall–Kier alpha value is -3.35. The van der Waals surface area contributed by atoms with E-state index >= 15 is 0 Å². The van der Waals surface area contributed by atoms with E-state index in [-0.39, 0.29) is 24.8 Å². The summed E-state index contributed by atoms with van der Waals surface area (Å²) in [5, 5.41) is 1.79. The minimum absolute atomic E-state index is 0.0168. The number of carbonyl (C=O) groups excluding carboxylic acids is 2. The summed E-state index contributed by atoms with van der Waals surface area (Å²) in [4.78, 5) is 28.2. The number of nitrogens with zero attached hydrogens (tertiary/aromatic N) is 2. The number of piperidine rings is 1. The van der Waals surface area contributed by atoms with Crippen LogP contribution < -0.4 is 0 Å². The Balaban J connectivity index is 1.46. The highest BCUT2D eigenvalue weighted by Gasteiger charge is 2.42. The van der Waals surface area contributed by atoms with Gasteiger partial charge in [0.15, 0.2) is 0 Å². The van der Waals surface area contributed by atoms with Crippen molar-refractivity contribution < 1.29 is 22.8 Å². The molecule has 1 atom stereocenters. The van der Waals surface area contributed by atoms with Gasteiger partial charge in [-0.25, -0.2) is 0 Å². The highest BCUT2D eigenvalue weighted by Crippen LogP contribution is 2.35. The van der Waals surface area contributed by atoms with Crippen molar-refractivity contribution >= 4 is 22.6 Å². The lowest BCUT2D eigenvalue weighted by Crippen LogP contribution is -2.44. The predicted octanol–water partition coefficient (Wildman–Crippen LogP) is 5.51. The van der Waals surface area contributed by atoms with Gasteiger partial charge in [0, 0.05) is 37.8 Å². The molecule has 0 radical (unpaired) electrons. The van der Waals surface area contributed by atoms with E-state index in [2.05, 4.69) is 0 Å². The molecule has 2 aliphatic heterocycles. The minimum atomic E-state index is -4.29. The van der Waals surface area contributed by atoms with Gasteiger partial charge in [-0.2, -0.15) is 13.2 Å². The summed E-state index contributed by atoms with van der Waals surface area (Å²) < 4.78 is 39.5. The van der Waals surface area contributed by atoms with Crippen LogP contribution in [0.2, 0.25) is 0 Å². The Morgan fingerprint density at radius 3 is 2.64 bits per heavy atom. The maximum Gasteiger partial charge on any atom is 0.393 e. The zero-order valence-electron chi connectivity index (χ0n) is 18.2. The quantitative estimate of drug-likeness (QED) is 0.515. The van der Waals surface area contributed by atoms with Crippen molar-refractivity contribution in [3.8, 4) is 11.1 Å². The summed E-state index contributed by atoms with van der Waals surface area (Å²) in [6, 6.07) is 16.9. The molecule has 170 valence electrons. The first-order chi connectivity index (χ1) is 15.7. The summed E-state index contributed by atoms with van der Waals surface area (Å²) in [5.74, 6) is -1.81. The second-order valence-corrected chi connectivity index (χ2v) is 8.91. The van der Waals surface area contributed by atoms with Crippen LogP contribution in [0.4, 0.5) is 13.2 Å². The zero-order chi connectivity index (χ0) is 23.3. The number of carbonyl (C=O) groups is 2. The monoisotopic (exact) mass is 452 g/mol. The van der Waals surface area contributed by atoms with Crippen LogP contribution in [-0.4, -0.2) is 47.9 Å². The van der Waals surface area contributed by atoms with E-state index in [4.69, 9.17) is 0 Å². The lowest BCUT2D eigenvalue weighted by Gasteiger charge is -2.33. The van der Waals surface area contributed by atoms with Gasteiger partial charge in [0.05, 0.1) is 5.92 Å². The zero-order valence-corrected chi connectivity index (χ0v) is 18.2. The molecule has 4 nitrogen and oxygen atoms in total. The molecule has 7 heteroatoms. The van der Waals surface area contributed by atoms with Crippen LogP contribution in [0, 0.1) is 5.92 Å². The highest BCUT2D eigenvalue weighted by molar-refractivity contribution is 6.04. The Bertz CT molecular complexity index is 1270. The van der Waals surface area contributed by atoms with Crippen LogP contribution in [0.15, 0.2) is 54.6 Å². The molecular weight excluding hydrogens is 429 g/mol. The Labute approximate surface area is 189 Å². The van der Waals surface area contributed by atoms with Gasteiger partial charge < -0.3 is 9.80 Å². The fraction of sp³-hybridized carbons (Fsp3) is 0.308. The number of fused-ring (bicyclic) bond motifs is 2. The molecule has 2 amide bonds. The molecular formula is C26H23F3N2O2. The van der Waals surface area contributed by atoms with E-state index < -0.39 is 12.1 Å². The van der Waals surface area contributed by atoms with Crippen LogP contribution >= 0.6 is 0 Å². The van der Waals surface area contributed by atoms with E-state index in [9.17, 15) is 22.8 Å². The van der Waals surface area contributed by atoms with Gasteiger partial charge in [-0.15, -0.1) is 0 Å². The number of amides is 2. The van der Waals surface area contributed by atoms with E-state index in [1.165, 1.54) is 4.90 Å². The number of alkyl halides is 3. The van der Waals surface area contributed by atoms with E-state index in [0.717, 1.165) is 27.5 Å². The molecule has 1 unspecified atom stereocenters. The van der Waals surface area contributed by atoms with Crippen LogP contribution in [0.5, 0.6) is 0 Å². The number of halogens is 3. The molecule has 1 fully saturated rings. The Morgan fingerprint density at radius 1 is 1.03 bits per heavy atom. The molecule has 0 aromatic heterocycles. The first-order valence-corrected chi connectivity index (χ1v) is 11.0. The van der Waals surface area contributed by atoms with Crippen LogP contribution in [0.1, 0.15) is 39.1 Å². The van der Waals surface area contributed by atoms with Gasteiger partial charge in [-0.1, -0.05) is 30.3 Å². The largest absolute Gasteiger partial charge is 0.393 e. The maximum atomic E-state index is 13.2. The first-order valence-electron chi connectivity index (χ1n) is 11.0. The normalized spacial score (nSPS) is 18.7. The number of likely N-dealkylation sites (tertiary alicyclic amines) is 1. The third-order valence-corrected chi connectivity index (χ3v) is 6.70. The molecule has 5 rings (SSSR count). The molecule has 0 spiro atoms. The molecule has 0 saturated carbocycles. The lowest BCUT2D eigenvalue weighted by molar-refractivity contribution is -0.184. The molecule has 1 saturated heterocycles. The Kier molecular flexibility index (Phi) is 5.15. The number of benzene rings is 3. The summed E-state index contributed by atoms with van der Waals surface area (Å²) in [6.07, 6.45) is -3.87. The van der Waals surface area contributed by atoms with Crippen molar-refractivity contribution in [1.82, 2.24) is 9.80 Å². The lowest BCUT2D eigenvalue weighted by atomic mass is 9.94. The standard InChI is InChI=1S/C26H23F3N2O2/c1-30-14-19-13-17(7-10-23(19)25(30)33)21-6-2-4-16-12-18(8-9-22(16)21)24(32)31-11-3-5-20(15-31)26(27,28)29/h2,4,6-10,12-13,20H,3,5,11,14-15H2,1H3. The molecule has 0 bridgehead atoms. The summed E-state index contributed by atoms with van der Waals surface area (Å²) in [7, 11) is 1.78. The van der Waals surface area contributed by atoms with Crippen molar-refractivity contribution in [1.29, 1.82) is 0 Å². The van der Waals surface area contributed by atoms with E-state index in [1.807, 2.05) is 42.5 Å². The van der Waals surface area contributed by atoms with Gasteiger partial charge >= 0.3 is 6.18 Å². The first kappa shape index (κ1) is 21.5. The van der Waals surface area contributed by atoms with Gasteiger partial charge in [0.1, 0.15) is 0 Å². The second-order valence-electron chi connectivity index (χ2n) is 8.91. The van der Waals surface area contributed by atoms with Crippen molar-refractivity contribution in [3.63, 3.8) is 0 Å². The Morgan fingerprint density at radius 2 is 1.85 bits per heavy atom. The number of rotatable bonds is 2. The third-order valence-electron chi connectivity index (χ3n) is 6.70. The van der Waals surface area contributed by atoms with E-state index in [1.54, 1.807) is 24.1 Å². The fourth-order valence-electron chi connectivity index (χ4n) is 4.91. The molecule has 33 heavy (non-hydrogen) atoms.